The van der Waals surface area contributed by atoms with Crippen LogP contribution in [0.4, 0.5) is 5.69 Å². The number of aliphatic imine (C=N–C) groups is 1. The number of methoxy groups -OCH3 is 1. The highest BCUT2D eigenvalue weighted by molar-refractivity contribution is 14.0. The summed E-state index contributed by atoms with van der Waals surface area (Å²) in [4.78, 5) is 4.31. The lowest BCUT2D eigenvalue weighted by molar-refractivity contribution is 0.184. The summed E-state index contributed by atoms with van der Waals surface area (Å²) in [6.07, 6.45) is 2.13. The third kappa shape index (κ3) is 5.88. The molecule has 0 amide bonds. The molecule has 3 N–H and O–H groups in total. The smallest absolute Gasteiger partial charge is 0.193 e. The van der Waals surface area contributed by atoms with Crippen molar-refractivity contribution in [2.45, 2.75) is 12.8 Å². The van der Waals surface area contributed by atoms with Crippen molar-refractivity contribution in [3.05, 3.63) is 23.2 Å². The molecule has 0 radical (unpaired) electrons. The first-order valence-electron chi connectivity index (χ1n) is 6.67. The summed E-state index contributed by atoms with van der Waals surface area (Å²) in [5, 5.41) is 3.55. The number of guanidine groups is 1. The maximum atomic E-state index is 6.04. The van der Waals surface area contributed by atoms with E-state index in [9.17, 15) is 0 Å². The van der Waals surface area contributed by atoms with Gasteiger partial charge in [-0.25, -0.2) is 0 Å². The zero-order chi connectivity index (χ0) is 14.4. The minimum atomic E-state index is 0. The van der Waals surface area contributed by atoms with Crippen LogP contribution in [0, 0.1) is 5.92 Å². The zero-order valence-corrected chi connectivity index (χ0v) is 15.1. The van der Waals surface area contributed by atoms with Gasteiger partial charge in [-0.2, -0.15) is 0 Å². The molecule has 1 unspecified atom stereocenters. The molecule has 7 heteroatoms. The molecule has 1 heterocycles. The Bertz CT molecular complexity index is 479. The molecule has 5 nitrogen and oxygen atoms in total. The van der Waals surface area contributed by atoms with E-state index in [4.69, 9.17) is 26.8 Å². The van der Waals surface area contributed by atoms with Gasteiger partial charge in [0.15, 0.2) is 5.96 Å². The normalized spacial score (nSPS) is 18.2. The van der Waals surface area contributed by atoms with E-state index in [1.165, 1.54) is 0 Å². The summed E-state index contributed by atoms with van der Waals surface area (Å²) in [5.74, 6) is 1.64. The van der Waals surface area contributed by atoms with Crippen LogP contribution in [0.3, 0.4) is 0 Å². The van der Waals surface area contributed by atoms with Crippen LogP contribution >= 0.6 is 35.6 Å². The van der Waals surface area contributed by atoms with Gasteiger partial charge in [-0.3, -0.25) is 4.99 Å². The van der Waals surface area contributed by atoms with E-state index >= 15 is 0 Å². The Balaban J connectivity index is 0.00000220. The molecular formula is C14H21ClIN3O2. The highest BCUT2D eigenvalue weighted by Crippen LogP contribution is 2.27. The minimum Gasteiger partial charge on any atom is -0.495 e. The fourth-order valence-electron chi connectivity index (χ4n) is 2.11. The van der Waals surface area contributed by atoms with Crippen LogP contribution in [0.25, 0.3) is 0 Å². The van der Waals surface area contributed by atoms with Crippen molar-refractivity contribution in [2.75, 3.05) is 32.2 Å². The van der Waals surface area contributed by atoms with Crippen molar-refractivity contribution >= 4 is 47.2 Å². The lowest BCUT2D eigenvalue weighted by atomic mass is 10.1. The van der Waals surface area contributed by atoms with Gasteiger partial charge in [0.25, 0.3) is 0 Å². The van der Waals surface area contributed by atoms with Crippen LogP contribution in [-0.2, 0) is 4.74 Å². The second kappa shape index (κ2) is 9.32. The van der Waals surface area contributed by atoms with Crippen molar-refractivity contribution in [1.82, 2.24) is 0 Å². The van der Waals surface area contributed by atoms with Crippen LogP contribution in [-0.4, -0.2) is 32.8 Å². The molecule has 0 bridgehead atoms. The summed E-state index contributed by atoms with van der Waals surface area (Å²) in [6, 6.07) is 5.39. The summed E-state index contributed by atoms with van der Waals surface area (Å²) >= 11 is 6.04. The van der Waals surface area contributed by atoms with Gasteiger partial charge in [0.05, 0.1) is 12.1 Å². The monoisotopic (exact) mass is 425 g/mol. The molecule has 21 heavy (non-hydrogen) atoms. The van der Waals surface area contributed by atoms with Crippen LogP contribution in [0.1, 0.15) is 12.8 Å². The largest absolute Gasteiger partial charge is 0.495 e. The number of nitrogens with one attached hydrogen (secondary N) is 1. The molecule has 1 atom stereocenters. The number of benzene rings is 1. The molecule has 0 aromatic heterocycles. The summed E-state index contributed by atoms with van der Waals surface area (Å²) < 4.78 is 10.4. The molecule has 1 fully saturated rings. The number of nitrogens with zero attached hydrogens (tertiary/aromatic N) is 1. The van der Waals surface area contributed by atoms with Gasteiger partial charge in [0, 0.05) is 25.4 Å². The molecule has 1 aliphatic rings. The Morgan fingerprint density at radius 3 is 3.00 bits per heavy atom. The van der Waals surface area contributed by atoms with Crippen molar-refractivity contribution in [3.63, 3.8) is 0 Å². The summed E-state index contributed by atoms with van der Waals surface area (Å²) in [5.41, 5.74) is 6.64. The number of hydrogen-bond acceptors (Lipinski definition) is 3. The SMILES string of the molecule is COc1ccc(NC(N)=NCCC2CCOC2)cc1Cl.I. The number of rotatable bonds is 5. The number of nitrogens with two attached hydrogens (primary N) is 1. The van der Waals surface area contributed by atoms with E-state index in [1.54, 1.807) is 19.2 Å². The van der Waals surface area contributed by atoms with Crippen molar-refractivity contribution < 1.29 is 9.47 Å². The molecule has 1 saturated heterocycles. The lowest BCUT2D eigenvalue weighted by Crippen LogP contribution is -2.23. The maximum Gasteiger partial charge on any atom is 0.193 e. The predicted molar refractivity (Wildman–Crippen MR) is 97.1 cm³/mol. The Hall–Kier alpha value is -0.730. The fourth-order valence-corrected chi connectivity index (χ4v) is 2.37. The topological polar surface area (TPSA) is 68.9 Å². The Kier molecular flexibility index (Phi) is 8.13. The first-order chi connectivity index (χ1) is 9.69. The van der Waals surface area contributed by atoms with E-state index < -0.39 is 0 Å². The minimum absolute atomic E-state index is 0. The molecule has 1 aromatic rings. The van der Waals surface area contributed by atoms with E-state index in [0.29, 0.717) is 29.2 Å². The standard InChI is InChI=1S/C14H20ClN3O2.HI/c1-19-13-3-2-11(8-12(13)15)18-14(16)17-6-4-10-5-7-20-9-10;/h2-3,8,10H,4-7,9H2,1H3,(H3,16,17,18);1H. The van der Waals surface area contributed by atoms with Crippen LogP contribution in [0.2, 0.25) is 5.02 Å². The average Bonchev–Trinajstić information content (AvgIpc) is 2.92. The van der Waals surface area contributed by atoms with Gasteiger partial charge in [0.1, 0.15) is 5.75 Å². The molecule has 0 spiro atoms. The van der Waals surface area contributed by atoms with Gasteiger partial charge >= 0.3 is 0 Å². The maximum absolute atomic E-state index is 6.04. The van der Waals surface area contributed by atoms with E-state index in [-0.39, 0.29) is 24.0 Å². The quantitative estimate of drug-likeness (QED) is 0.432. The molecule has 1 aliphatic heterocycles. The molecule has 2 rings (SSSR count). The van der Waals surface area contributed by atoms with Gasteiger partial charge in [-0.1, -0.05) is 11.6 Å². The molecule has 0 saturated carbocycles. The zero-order valence-electron chi connectivity index (χ0n) is 12.0. The van der Waals surface area contributed by atoms with Crippen LogP contribution < -0.4 is 15.8 Å². The summed E-state index contributed by atoms with van der Waals surface area (Å²) in [7, 11) is 1.58. The molecule has 118 valence electrons. The second-order valence-electron chi connectivity index (χ2n) is 4.76. The Labute approximate surface area is 147 Å². The highest BCUT2D eigenvalue weighted by Gasteiger charge is 2.14. The Morgan fingerprint density at radius 2 is 2.38 bits per heavy atom. The second-order valence-corrected chi connectivity index (χ2v) is 5.17. The van der Waals surface area contributed by atoms with Crippen LogP contribution in [0.15, 0.2) is 23.2 Å². The number of hydrogen-bond donors (Lipinski definition) is 2. The van der Waals surface area contributed by atoms with Crippen molar-refractivity contribution in [3.8, 4) is 5.75 Å². The van der Waals surface area contributed by atoms with E-state index in [0.717, 1.165) is 31.7 Å². The average molecular weight is 426 g/mol. The lowest BCUT2D eigenvalue weighted by Gasteiger charge is -2.09. The third-order valence-corrected chi connectivity index (χ3v) is 3.56. The summed E-state index contributed by atoms with van der Waals surface area (Å²) in [6.45, 7) is 2.42. The first kappa shape index (κ1) is 18.3. The van der Waals surface area contributed by atoms with Gasteiger partial charge in [-0.15, -0.1) is 24.0 Å². The number of anilines is 1. The van der Waals surface area contributed by atoms with Crippen molar-refractivity contribution in [1.29, 1.82) is 0 Å². The molecule has 0 aliphatic carbocycles. The highest BCUT2D eigenvalue weighted by atomic mass is 127. The van der Waals surface area contributed by atoms with E-state index in [1.807, 2.05) is 6.07 Å². The van der Waals surface area contributed by atoms with Gasteiger partial charge in [0.2, 0.25) is 0 Å². The molecule has 1 aromatic carbocycles. The number of halogens is 2. The number of ether oxygens (including phenoxy) is 2. The molecular weight excluding hydrogens is 405 g/mol. The van der Waals surface area contributed by atoms with Crippen LogP contribution in [0.5, 0.6) is 5.75 Å². The van der Waals surface area contributed by atoms with Gasteiger partial charge in [-0.05, 0) is 37.0 Å². The Morgan fingerprint density at radius 1 is 1.57 bits per heavy atom. The predicted octanol–water partition coefficient (Wildman–Crippen LogP) is 3.12. The van der Waals surface area contributed by atoms with Crippen molar-refractivity contribution in [2.24, 2.45) is 16.6 Å². The third-order valence-electron chi connectivity index (χ3n) is 3.27. The first-order valence-corrected chi connectivity index (χ1v) is 7.05. The van der Waals surface area contributed by atoms with E-state index in [2.05, 4.69) is 10.3 Å². The van der Waals surface area contributed by atoms with Gasteiger partial charge < -0.3 is 20.5 Å². The fraction of sp³-hybridized carbons (Fsp3) is 0.500.